The molecule has 0 aliphatic heterocycles. The zero-order chi connectivity index (χ0) is 19.2. The van der Waals surface area contributed by atoms with Gasteiger partial charge in [0.05, 0.1) is 18.2 Å². The quantitative estimate of drug-likeness (QED) is 0.836. The van der Waals surface area contributed by atoms with Gasteiger partial charge in [-0.05, 0) is 63.1 Å². The number of anilines is 1. The van der Waals surface area contributed by atoms with Crippen molar-refractivity contribution in [2.24, 2.45) is 0 Å². The van der Waals surface area contributed by atoms with Gasteiger partial charge in [0.25, 0.3) is 0 Å². The van der Waals surface area contributed by atoms with Crippen molar-refractivity contribution in [3.8, 4) is 11.8 Å². The molecule has 136 valence electrons. The van der Waals surface area contributed by atoms with Crippen molar-refractivity contribution in [2.75, 3.05) is 11.9 Å². The van der Waals surface area contributed by atoms with Gasteiger partial charge in [0.1, 0.15) is 11.4 Å². The number of carbonyl (C=O) groups excluding carboxylic acids is 1. The molecule has 0 aliphatic carbocycles. The van der Waals surface area contributed by atoms with Crippen LogP contribution in [0.15, 0.2) is 42.5 Å². The Labute approximate surface area is 154 Å². The Morgan fingerprint density at radius 2 is 1.85 bits per heavy atom. The molecule has 26 heavy (non-hydrogen) atoms. The van der Waals surface area contributed by atoms with Crippen molar-refractivity contribution in [2.45, 2.75) is 39.7 Å². The van der Waals surface area contributed by atoms with Gasteiger partial charge in [-0.3, -0.25) is 5.32 Å². The first-order valence-electron chi connectivity index (χ1n) is 8.49. The summed E-state index contributed by atoms with van der Waals surface area (Å²) in [4.78, 5) is 11.9. The number of nitrogens with zero attached hydrogens (tertiary/aromatic N) is 1. The topological polar surface area (TPSA) is 71.3 Å². The zero-order valence-electron chi connectivity index (χ0n) is 15.6. The molecule has 5 nitrogen and oxygen atoms in total. The molecule has 1 N–H and O–H groups in total. The fourth-order valence-corrected chi connectivity index (χ4v) is 2.36. The standard InChI is InChI=1S/C21H24N2O3/c1-15-11-18(23-20(24)26-21(2,3)4)13-19(12-15)25-10-9-16-5-7-17(14-22)8-6-16/h5-8,11-13H,9-10H2,1-4H3,(H,23,24). The highest BCUT2D eigenvalue weighted by atomic mass is 16.6. The van der Waals surface area contributed by atoms with Gasteiger partial charge >= 0.3 is 6.09 Å². The van der Waals surface area contributed by atoms with E-state index in [4.69, 9.17) is 14.7 Å². The molecule has 2 aromatic carbocycles. The second-order valence-electron chi connectivity index (χ2n) is 7.07. The highest BCUT2D eigenvalue weighted by Crippen LogP contribution is 2.22. The van der Waals surface area contributed by atoms with E-state index in [9.17, 15) is 4.79 Å². The monoisotopic (exact) mass is 352 g/mol. The Morgan fingerprint density at radius 1 is 1.15 bits per heavy atom. The molecular weight excluding hydrogens is 328 g/mol. The van der Waals surface area contributed by atoms with Gasteiger partial charge in [-0.2, -0.15) is 5.26 Å². The Morgan fingerprint density at radius 3 is 2.46 bits per heavy atom. The molecule has 5 heteroatoms. The first-order valence-corrected chi connectivity index (χ1v) is 8.49. The number of carbonyl (C=O) groups is 1. The Kier molecular flexibility index (Phi) is 6.24. The number of rotatable bonds is 5. The van der Waals surface area contributed by atoms with E-state index in [1.165, 1.54) is 0 Å². The van der Waals surface area contributed by atoms with Crippen LogP contribution in [-0.2, 0) is 11.2 Å². The highest BCUT2D eigenvalue weighted by Gasteiger charge is 2.16. The molecule has 0 aliphatic rings. The minimum Gasteiger partial charge on any atom is -0.493 e. The smallest absolute Gasteiger partial charge is 0.412 e. The van der Waals surface area contributed by atoms with E-state index in [-0.39, 0.29) is 0 Å². The molecule has 0 aromatic heterocycles. The lowest BCUT2D eigenvalue weighted by atomic mass is 10.1. The lowest BCUT2D eigenvalue weighted by Crippen LogP contribution is -2.27. The predicted octanol–water partition coefficient (Wildman–Crippen LogP) is 4.84. The molecule has 2 aromatic rings. The van der Waals surface area contributed by atoms with Crippen LogP contribution in [0.25, 0.3) is 0 Å². The molecule has 0 bridgehead atoms. The summed E-state index contributed by atoms with van der Waals surface area (Å²) < 4.78 is 11.1. The lowest BCUT2D eigenvalue weighted by molar-refractivity contribution is 0.0636. The number of aryl methyl sites for hydroxylation is 1. The SMILES string of the molecule is Cc1cc(NC(=O)OC(C)(C)C)cc(OCCc2ccc(C#N)cc2)c1. The first kappa shape index (κ1) is 19.3. The van der Waals surface area contributed by atoms with E-state index in [1.807, 2.05) is 52.0 Å². The average Bonchev–Trinajstić information content (AvgIpc) is 2.53. The largest absolute Gasteiger partial charge is 0.493 e. The van der Waals surface area contributed by atoms with Crippen molar-refractivity contribution in [1.29, 1.82) is 5.26 Å². The third-order valence-electron chi connectivity index (χ3n) is 3.44. The molecule has 0 saturated carbocycles. The maximum Gasteiger partial charge on any atom is 0.412 e. The molecule has 0 spiro atoms. The van der Waals surface area contributed by atoms with Crippen LogP contribution < -0.4 is 10.1 Å². The van der Waals surface area contributed by atoms with Crippen LogP contribution >= 0.6 is 0 Å². The van der Waals surface area contributed by atoms with E-state index in [0.29, 0.717) is 23.6 Å². The number of benzene rings is 2. The van der Waals surface area contributed by atoms with Crippen molar-refractivity contribution < 1.29 is 14.3 Å². The van der Waals surface area contributed by atoms with Gasteiger partial charge in [-0.15, -0.1) is 0 Å². The van der Waals surface area contributed by atoms with Crippen molar-refractivity contribution in [1.82, 2.24) is 0 Å². The predicted molar refractivity (Wildman–Crippen MR) is 101 cm³/mol. The highest BCUT2D eigenvalue weighted by molar-refractivity contribution is 5.85. The maximum absolute atomic E-state index is 11.9. The minimum absolute atomic E-state index is 0.494. The summed E-state index contributed by atoms with van der Waals surface area (Å²) in [6.45, 7) is 7.90. The van der Waals surface area contributed by atoms with E-state index < -0.39 is 11.7 Å². The maximum atomic E-state index is 11.9. The average molecular weight is 352 g/mol. The molecular formula is C21H24N2O3. The number of hydrogen-bond acceptors (Lipinski definition) is 4. The normalized spacial score (nSPS) is 10.7. The van der Waals surface area contributed by atoms with E-state index >= 15 is 0 Å². The van der Waals surface area contributed by atoms with Crippen molar-refractivity contribution >= 4 is 11.8 Å². The van der Waals surface area contributed by atoms with Crippen LogP contribution in [0.1, 0.15) is 37.5 Å². The van der Waals surface area contributed by atoms with Crippen LogP contribution in [0.4, 0.5) is 10.5 Å². The summed E-state index contributed by atoms with van der Waals surface area (Å²) in [5.74, 6) is 0.685. The first-order chi connectivity index (χ1) is 12.2. The van der Waals surface area contributed by atoms with Crippen LogP contribution in [0.5, 0.6) is 5.75 Å². The molecule has 0 heterocycles. The number of nitrogens with one attached hydrogen (secondary N) is 1. The van der Waals surface area contributed by atoms with Crippen LogP contribution in [0.3, 0.4) is 0 Å². The third kappa shape index (κ3) is 6.48. The summed E-state index contributed by atoms with van der Waals surface area (Å²) in [7, 11) is 0. The Hall–Kier alpha value is -3.00. The summed E-state index contributed by atoms with van der Waals surface area (Å²) in [5, 5.41) is 11.5. The zero-order valence-corrected chi connectivity index (χ0v) is 15.6. The molecule has 1 amide bonds. The number of nitriles is 1. The Bertz CT molecular complexity index is 799. The van der Waals surface area contributed by atoms with Crippen molar-refractivity contribution in [3.63, 3.8) is 0 Å². The number of ether oxygens (including phenoxy) is 2. The molecule has 0 unspecified atom stereocenters. The number of hydrogen-bond donors (Lipinski definition) is 1. The van der Waals surface area contributed by atoms with Crippen LogP contribution in [0, 0.1) is 18.3 Å². The van der Waals surface area contributed by atoms with Gasteiger partial charge in [0.15, 0.2) is 0 Å². The van der Waals surface area contributed by atoms with Crippen LogP contribution in [-0.4, -0.2) is 18.3 Å². The van der Waals surface area contributed by atoms with Crippen molar-refractivity contribution in [3.05, 3.63) is 59.2 Å². The van der Waals surface area contributed by atoms with Gasteiger partial charge in [-0.25, -0.2) is 4.79 Å². The summed E-state index contributed by atoms with van der Waals surface area (Å²) in [6.07, 6.45) is 0.237. The fourth-order valence-electron chi connectivity index (χ4n) is 2.36. The molecule has 0 fully saturated rings. The van der Waals surface area contributed by atoms with E-state index in [1.54, 1.807) is 18.2 Å². The Balaban J connectivity index is 1.94. The van der Waals surface area contributed by atoms with Gasteiger partial charge in [0, 0.05) is 18.2 Å². The summed E-state index contributed by atoms with van der Waals surface area (Å²) >= 11 is 0. The molecule has 2 rings (SSSR count). The van der Waals surface area contributed by atoms with Gasteiger partial charge < -0.3 is 9.47 Å². The minimum atomic E-state index is -0.547. The lowest BCUT2D eigenvalue weighted by Gasteiger charge is -2.20. The number of amides is 1. The summed E-state index contributed by atoms with van der Waals surface area (Å²) in [5.41, 5.74) is 2.81. The fraction of sp³-hybridized carbons (Fsp3) is 0.333. The van der Waals surface area contributed by atoms with Gasteiger partial charge in [0.2, 0.25) is 0 Å². The van der Waals surface area contributed by atoms with Gasteiger partial charge in [-0.1, -0.05) is 12.1 Å². The third-order valence-corrected chi connectivity index (χ3v) is 3.44. The second kappa shape index (κ2) is 8.39. The van der Waals surface area contributed by atoms with Crippen LogP contribution in [0.2, 0.25) is 0 Å². The van der Waals surface area contributed by atoms with E-state index in [2.05, 4.69) is 11.4 Å². The summed E-state index contributed by atoms with van der Waals surface area (Å²) in [6, 6.07) is 15.1. The molecule has 0 saturated heterocycles. The molecule has 0 radical (unpaired) electrons. The molecule has 0 atom stereocenters. The second-order valence-corrected chi connectivity index (χ2v) is 7.07. The van der Waals surface area contributed by atoms with E-state index in [0.717, 1.165) is 17.5 Å².